The Kier molecular flexibility index (Phi) is 4.53. The van der Waals surface area contributed by atoms with Crippen LogP contribution in [0.2, 0.25) is 0 Å². The zero-order valence-electron chi connectivity index (χ0n) is 10.5. The van der Waals surface area contributed by atoms with Crippen molar-refractivity contribution in [2.45, 2.75) is 13.1 Å². The Labute approximate surface area is 112 Å². The summed E-state index contributed by atoms with van der Waals surface area (Å²) < 4.78 is 0. The molecule has 0 bridgehead atoms. The molecule has 2 N–H and O–H groups in total. The third-order valence-corrected chi connectivity index (χ3v) is 2.73. The van der Waals surface area contributed by atoms with Crippen molar-refractivity contribution in [2.24, 2.45) is 0 Å². The minimum atomic E-state index is -0.986. The number of rotatable bonds is 5. The second-order valence-electron chi connectivity index (χ2n) is 4.17. The Bertz CT molecular complexity index is 514. The minimum absolute atomic E-state index is 0.322. The van der Waals surface area contributed by atoms with Crippen LogP contribution in [0.1, 0.15) is 11.1 Å². The van der Waals surface area contributed by atoms with E-state index in [0.717, 1.165) is 11.1 Å². The summed E-state index contributed by atoms with van der Waals surface area (Å²) in [5, 5.41) is 10.4. The molecule has 2 aromatic carbocycles. The lowest BCUT2D eigenvalue weighted by Crippen LogP contribution is -2.40. The third-order valence-electron chi connectivity index (χ3n) is 2.73. The van der Waals surface area contributed by atoms with Gasteiger partial charge in [-0.1, -0.05) is 60.7 Å². The summed E-state index contributed by atoms with van der Waals surface area (Å²) in [4.78, 5) is 11.2. The monoisotopic (exact) mass is 256 g/mol. The van der Waals surface area contributed by atoms with E-state index in [1.54, 1.807) is 0 Å². The predicted molar refractivity (Wildman–Crippen MR) is 73.3 cm³/mol. The molecule has 0 aliphatic rings. The van der Waals surface area contributed by atoms with E-state index in [9.17, 15) is 9.90 Å². The number of benzene rings is 2. The number of nitrogens with one attached hydrogen (secondary N) is 1. The van der Waals surface area contributed by atoms with Crippen LogP contribution in [0.4, 0.5) is 4.79 Å². The summed E-state index contributed by atoms with van der Waals surface area (Å²) in [6, 6.07) is 19.2. The van der Waals surface area contributed by atoms with Crippen molar-refractivity contribution in [2.75, 3.05) is 0 Å². The molecule has 0 aromatic heterocycles. The summed E-state index contributed by atoms with van der Waals surface area (Å²) in [6.07, 6.45) is -0.986. The van der Waals surface area contributed by atoms with E-state index in [1.807, 2.05) is 60.7 Å². The van der Waals surface area contributed by atoms with Gasteiger partial charge < -0.3 is 5.11 Å². The van der Waals surface area contributed by atoms with E-state index in [1.165, 1.54) is 5.01 Å². The molecule has 0 saturated carbocycles. The smallest absolute Gasteiger partial charge is 0.422 e. The Morgan fingerprint density at radius 3 is 2.00 bits per heavy atom. The lowest BCUT2D eigenvalue weighted by Gasteiger charge is -2.20. The zero-order chi connectivity index (χ0) is 13.5. The average Bonchev–Trinajstić information content (AvgIpc) is 2.45. The molecule has 0 radical (unpaired) electrons. The summed E-state index contributed by atoms with van der Waals surface area (Å²) in [5.74, 6) is 0. The first-order valence-electron chi connectivity index (χ1n) is 6.07. The molecule has 0 saturated heterocycles. The fraction of sp³-hybridized carbons (Fsp3) is 0.133. The first kappa shape index (κ1) is 13.1. The van der Waals surface area contributed by atoms with E-state index >= 15 is 0 Å². The van der Waals surface area contributed by atoms with Gasteiger partial charge >= 0.3 is 6.09 Å². The van der Waals surface area contributed by atoms with E-state index in [0.29, 0.717) is 13.1 Å². The van der Waals surface area contributed by atoms with Gasteiger partial charge in [0.15, 0.2) is 0 Å². The van der Waals surface area contributed by atoms with Crippen LogP contribution in [-0.4, -0.2) is 16.2 Å². The van der Waals surface area contributed by atoms with Crippen LogP contribution in [0.15, 0.2) is 60.7 Å². The highest BCUT2D eigenvalue weighted by atomic mass is 16.4. The van der Waals surface area contributed by atoms with Gasteiger partial charge in [0.2, 0.25) is 0 Å². The second-order valence-corrected chi connectivity index (χ2v) is 4.17. The summed E-state index contributed by atoms with van der Waals surface area (Å²) in [6.45, 7) is 0.809. The molecule has 0 unspecified atom stereocenters. The molecule has 0 fully saturated rings. The van der Waals surface area contributed by atoms with Crippen LogP contribution in [0, 0.1) is 0 Å². The van der Waals surface area contributed by atoms with E-state index in [2.05, 4.69) is 5.43 Å². The van der Waals surface area contributed by atoms with Gasteiger partial charge in [-0.15, -0.1) is 0 Å². The Hall–Kier alpha value is -2.33. The number of nitrogens with zero attached hydrogens (tertiary/aromatic N) is 1. The standard InChI is InChI=1S/C15H16N2O2/c18-15(19)17(12-14-9-5-2-6-10-14)16-11-13-7-3-1-4-8-13/h1-10,16H,11-12H2,(H,18,19). The highest BCUT2D eigenvalue weighted by molar-refractivity contribution is 5.64. The minimum Gasteiger partial charge on any atom is -0.464 e. The molecule has 4 heteroatoms. The number of carboxylic acid groups (broad SMARTS) is 1. The lowest BCUT2D eigenvalue weighted by molar-refractivity contribution is 0.114. The van der Waals surface area contributed by atoms with Crippen LogP contribution in [-0.2, 0) is 13.1 Å². The number of hydrazine groups is 1. The van der Waals surface area contributed by atoms with Crippen molar-refractivity contribution >= 4 is 6.09 Å². The van der Waals surface area contributed by atoms with Crippen molar-refractivity contribution < 1.29 is 9.90 Å². The number of hydrogen-bond donors (Lipinski definition) is 2. The van der Waals surface area contributed by atoms with E-state index in [4.69, 9.17) is 0 Å². The van der Waals surface area contributed by atoms with Crippen molar-refractivity contribution in [3.63, 3.8) is 0 Å². The SMILES string of the molecule is O=C(O)N(Cc1ccccc1)NCc1ccccc1. The van der Waals surface area contributed by atoms with Gasteiger partial charge in [-0.2, -0.15) is 0 Å². The van der Waals surface area contributed by atoms with Gasteiger partial charge in [-0.3, -0.25) is 0 Å². The topological polar surface area (TPSA) is 52.6 Å². The number of hydrogen-bond acceptors (Lipinski definition) is 2. The maximum Gasteiger partial charge on any atom is 0.422 e. The number of carbonyl (C=O) groups is 1. The molecule has 0 atom stereocenters. The largest absolute Gasteiger partial charge is 0.464 e. The predicted octanol–water partition coefficient (Wildman–Crippen LogP) is 2.87. The summed E-state index contributed by atoms with van der Waals surface area (Å²) in [5.41, 5.74) is 4.91. The van der Waals surface area contributed by atoms with Crippen molar-refractivity contribution in [3.05, 3.63) is 71.8 Å². The first-order valence-corrected chi connectivity index (χ1v) is 6.07. The van der Waals surface area contributed by atoms with Crippen LogP contribution in [0.3, 0.4) is 0 Å². The van der Waals surface area contributed by atoms with Crippen LogP contribution < -0.4 is 5.43 Å². The lowest BCUT2D eigenvalue weighted by atomic mass is 10.2. The third kappa shape index (κ3) is 4.12. The summed E-state index contributed by atoms with van der Waals surface area (Å²) in [7, 11) is 0. The maximum absolute atomic E-state index is 11.2. The molecule has 98 valence electrons. The molecular weight excluding hydrogens is 240 g/mol. The van der Waals surface area contributed by atoms with Gasteiger partial charge in [0.1, 0.15) is 0 Å². The van der Waals surface area contributed by atoms with Gasteiger partial charge in [0.05, 0.1) is 6.54 Å². The van der Waals surface area contributed by atoms with Crippen molar-refractivity contribution in [1.82, 2.24) is 10.4 Å². The molecule has 4 nitrogen and oxygen atoms in total. The van der Waals surface area contributed by atoms with E-state index < -0.39 is 6.09 Å². The molecular formula is C15H16N2O2. The second kappa shape index (κ2) is 6.56. The average molecular weight is 256 g/mol. The Morgan fingerprint density at radius 1 is 0.947 bits per heavy atom. The fourth-order valence-electron chi connectivity index (χ4n) is 1.74. The van der Waals surface area contributed by atoms with Crippen LogP contribution in [0.25, 0.3) is 0 Å². The van der Waals surface area contributed by atoms with Crippen molar-refractivity contribution in [1.29, 1.82) is 0 Å². The van der Waals surface area contributed by atoms with Gasteiger partial charge in [-0.05, 0) is 11.1 Å². The van der Waals surface area contributed by atoms with E-state index in [-0.39, 0.29) is 0 Å². The number of amides is 1. The quantitative estimate of drug-likeness (QED) is 0.809. The first-order chi connectivity index (χ1) is 9.25. The molecule has 2 aromatic rings. The van der Waals surface area contributed by atoms with Crippen molar-refractivity contribution in [3.8, 4) is 0 Å². The molecule has 0 aliphatic carbocycles. The van der Waals surface area contributed by atoms with Gasteiger partial charge in [0.25, 0.3) is 0 Å². The highest BCUT2D eigenvalue weighted by Gasteiger charge is 2.11. The normalized spacial score (nSPS) is 10.1. The highest BCUT2D eigenvalue weighted by Crippen LogP contribution is 2.04. The Balaban J connectivity index is 1.95. The van der Waals surface area contributed by atoms with Gasteiger partial charge in [0, 0.05) is 6.54 Å². The van der Waals surface area contributed by atoms with Gasteiger partial charge in [-0.25, -0.2) is 15.2 Å². The molecule has 0 spiro atoms. The zero-order valence-corrected chi connectivity index (χ0v) is 10.5. The molecule has 0 aliphatic heterocycles. The molecule has 19 heavy (non-hydrogen) atoms. The molecule has 2 rings (SSSR count). The van der Waals surface area contributed by atoms with Crippen LogP contribution in [0.5, 0.6) is 0 Å². The summed E-state index contributed by atoms with van der Waals surface area (Å²) >= 11 is 0. The van der Waals surface area contributed by atoms with Crippen LogP contribution >= 0.6 is 0 Å². The fourth-order valence-corrected chi connectivity index (χ4v) is 1.74. The molecule has 1 amide bonds. The Morgan fingerprint density at radius 2 is 1.47 bits per heavy atom. The maximum atomic E-state index is 11.2. The molecule has 0 heterocycles.